The van der Waals surface area contributed by atoms with Gasteiger partial charge in [0.25, 0.3) is 0 Å². The molecule has 0 N–H and O–H groups in total. The highest BCUT2D eigenvalue weighted by atomic mass is 16.6. The van der Waals surface area contributed by atoms with Gasteiger partial charge in [0, 0.05) is 6.42 Å². The summed E-state index contributed by atoms with van der Waals surface area (Å²) in [5.74, 6) is -0.561. The number of allylic oxidation sites excluding steroid dienone is 2. The zero-order chi connectivity index (χ0) is 8.55. The summed E-state index contributed by atoms with van der Waals surface area (Å²) in [5, 5.41) is 0. The van der Waals surface area contributed by atoms with E-state index in [0.29, 0.717) is 6.42 Å². The Morgan fingerprint density at radius 1 is 1.25 bits per heavy atom. The van der Waals surface area contributed by atoms with Crippen LogP contribution in [0.2, 0.25) is 0 Å². The van der Waals surface area contributed by atoms with Gasteiger partial charge in [-0.05, 0) is 18.8 Å². The minimum atomic E-state index is -0.364. The van der Waals surface area contributed by atoms with Crippen molar-refractivity contribution in [2.24, 2.45) is 11.8 Å². The molecule has 1 aliphatic carbocycles. The predicted molar refractivity (Wildman–Crippen MR) is 41.1 cm³/mol. The van der Waals surface area contributed by atoms with Crippen LogP contribution in [-0.2, 0) is 14.3 Å². The molecule has 1 fully saturated rings. The van der Waals surface area contributed by atoms with E-state index in [1.807, 2.05) is 12.2 Å². The number of ether oxygens (including phenoxy) is 1. The molecule has 0 saturated carbocycles. The van der Waals surface area contributed by atoms with Crippen molar-refractivity contribution in [3.63, 3.8) is 0 Å². The molecule has 12 heavy (non-hydrogen) atoms. The number of cyclic esters (lactones) is 2. The minimum absolute atomic E-state index is 0.0623. The molecule has 2 aliphatic rings. The summed E-state index contributed by atoms with van der Waals surface area (Å²) in [7, 11) is 0. The third-order valence-electron chi connectivity index (χ3n) is 2.51. The summed E-state index contributed by atoms with van der Waals surface area (Å²) in [6.45, 7) is 0. The predicted octanol–water partition coefficient (Wildman–Crippen LogP) is 1.04. The summed E-state index contributed by atoms with van der Waals surface area (Å²) >= 11 is 0. The monoisotopic (exact) mass is 166 g/mol. The van der Waals surface area contributed by atoms with Crippen molar-refractivity contribution in [2.75, 3.05) is 0 Å². The molecule has 0 spiro atoms. The molecule has 0 radical (unpaired) electrons. The van der Waals surface area contributed by atoms with Crippen LogP contribution in [-0.4, -0.2) is 11.9 Å². The molecule has 0 aromatic carbocycles. The quantitative estimate of drug-likeness (QED) is 0.307. The molecule has 64 valence electrons. The Kier molecular flexibility index (Phi) is 1.71. The van der Waals surface area contributed by atoms with Gasteiger partial charge in [0.05, 0.1) is 5.92 Å². The normalized spacial score (nSPS) is 34.3. The second-order valence-electron chi connectivity index (χ2n) is 3.31. The highest BCUT2D eigenvalue weighted by molar-refractivity contribution is 5.90. The van der Waals surface area contributed by atoms with Crippen LogP contribution in [0.5, 0.6) is 0 Å². The van der Waals surface area contributed by atoms with E-state index in [0.717, 1.165) is 12.8 Å². The highest BCUT2D eigenvalue weighted by Crippen LogP contribution is 2.32. The van der Waals surface area contributed by atoms with Crippen molar-refractivity contribution in [1.82, 2.24) is 0 Å². The van der Waals surface area contributed by atoms with Crippen LogP contribution < -0.4 is 0 Å². The molecule has 0 bridgehead atoms. The van der Waals surface area contributed by atoms with Crippen LogP contribution in [0.15, 0.2) is 12.2 Å². The van der Waals surface area contributed by atoms with Gasteiger partial charge in [-0.1, -0.05) is 12.2 Å². The molecule has 1 saturated heterocycles. The van der Waals surface area contributed by atoms with Crippen molar-refractivity contribution in [3.05, 3.63) is 12.2 Å². The second kappa shape index (κ2) is 2.73. The van der Waals surface area contributed by atoms with E-state index in [1.165, 1.54) is 0 Å². The fourth-order valence-electron chi connectivity index (χ4n) is 1.83. The SMILES string of the molecule is O=C1CC2CC=CCC2C(=O)O1. The van der Waals surface area contributed by atoms with Gasteiger partial charge in [0.1, 0.15) is 0 Å². The van der Waals surface area contributed by atoms with Crippen LogP contribution in [0.3, 0.4) is 0 Å². The lowest BCUT2D eigenvalue weighted by molar-refractivity contribution is -0.170. The first-order valence-corrected chi connectivity index (χ1v) is 4.17. The van der Waals surface area contributed by atoms with E-state index in [1.54, 1.807) is 0 Å². The van der Waals surface area contributed by atoms with E-state index >= 15 is 0 Å². The topological polar surface area (TPSA) is 43.4 Å². The van der Waals surface area contributed by atoms with Crippen LogP contribution >= 0.6 is 0 Å². The highest BCUT2D eigenvalue weighted by Gasteiger charge is 2.37. The second-order valence-corrected chi connectivity index (χ2v) is 3.31. The van der Waals surface area contributed by atoms with E-state index in [-0.39, 0.29) is 23.8 Å². The standard InChI is InChI=1S/C9H10O3/c10-8-5-6-3-1-2-4-7(6)9(11)12-8/h1-2,6-7H,3-5H2. The molecular formula is C9H10O3. The molecule has 1 aliphatic heterocycles. The molecule has 0 aromatic heterocycles. The molecule has 2 atom stereocenters. The average Bonchev–Trinajstić information content (AvgIpc) is 2.04. The Balaban J connectivity index is 2.18. The number of carbonyl (C=O) groups is 2. The molecule has 0 amide bonds. The number of carbonyl (C=O) groups excluding carboxylic acids is 2. The van der Waals surface area contributed by atoms with Crippen LogP contribution in [0.4, 0.5) is 0 Å². The van der Waals surface area contributed by atoms with Gasteiger partial charge >= 0.3 is 11.9 Å². The maximum absolute atomic E-state index is 11.2. The summed E-state index contributed by atoms with van der Waals surface area (Å²) in [6.07, 6.45) is 5.99. The smallest absolute Gasteiger partial charge is 0.317 e. The van der Waals surface area contributed by atoms with Crippen LogP contribution in [0.25, 0.3) is 0 Å². The number of fused-ring (bicyclic) bond motifs is 1. The molecule has 0 aromatic rings. The third-order valence-corrected chi connectivity index (χ3v) is 2.51. The van der Waals surface area contributed by atoms with Gasteiger partial charge in [0.2, 0.25) is 0 Å². The van der Waals surface area contributed by atoms with Gasteiger partial charge in [-0.15, -0.1) is 0 Å². The van der Waals surface area contributed by atoms with Crippen molar-refractivity contribution >= 4 is 11.9 Å². The van der Waals surface area contributed by atoms with Gasteiger partial charge in [-0.2, -0.15) is 0 Å². The van der Waals surface area contributed by atoms with Crippen molar-refractivity contribution in [3.8, 4) is 0 Å². The summed E-state index contributed by atoms with van der Waals surface area (Å²) in [6, 6.07) is 0. The summed E-state index contributed by atoms with van der Waals surface area (Å²) in [4.78, 5) is 22.0. The van der Waals surface area contributed by atoms with Crippen LogP contribution in [0, 0.1) is 11.8 Å². The van der Waals surface area contributed by atoms with Crippen molar-refractivity contribution in [2.45, 2.75) is 19.3 Å². The Bertz CT molecular complexity index is 254. The summed E-state index contributed by atoms with van der Waals surface area (Å²) < 4.78 is 4.54. The molecule has 3 nitrogen and oxygen atoms in total. The van der Waals surface area contributed by atoms with E-state index in [4.69, 9.17) is 0 Å². The maximum atomic E-state index is 11.2. The van der Waals surface area contributed by atoms with E-state index in [2.05, 4.69) is 4.74 Å². The van der Waals surface area contributed by atoms with Gasteiger partial charge in [0.15, 0.2) is 0 Å². The van der Waals surface area contributed by atoms with E-state index < -0.39 is 0 Å². The Labute approximate surface area is 70.4 Å². The number of hydrogen-bond donors (Lipinski definition) is 0. The first-order valence-electron chi connectivity index (χ1n) is 4.17. The molecule has 1 heterocycles. The lowest BCUT2D eigenvalue weighted by atomic mass is 9.80. The maximum Gasteiger partial charge on any atom is 0.317 e. The molecule has 2 unspecified atom stereocenters. The number of rotatable bonds is 0. The van der Waals surface area contributed by atoms with Gasteiger partial charge < -0.3 is 4.74 Å². The lowest BCUT2D eigenvalue weighted by Gasteiger charge is -2.29. The fourth-order valence-corrected chi connectivity index (χ4v) is 1.83. The molecular weight excluding hydrogens is 156 g/mol. The van der Waals surface area contributed by atoms with Crippen molar-refractivity contribution in [1.29, 1.82) is 0 Å². The Morgan fingerprint density at radius 3 is 2.83 bits per heavy atom. The first-order chi connectivity index (χ1) is 5.77. The van der Waals surface area contributed by atoms with Gasteiger partial charge in [-0.25, -0.2) is 0 Å². The summed E-state index contributed by atoms with van der Waals surface area (Å²) in [5.41, 5.74) is 0. The number of hydrogen-bond acceptors (Lipinski definition) is 3. The number of esters is 2. The minimum Gasteiger partial charge on any atom is -0.393 e. The Hall–Kier alpha value is -1.12. The zero-order valence-corrected chi connectivity index (χ0v) is 6.66. The molecule has 3 heteroatoms. The van der Waals surface area contributed by atoms with Crippen molar-refractivity contribution < 1.29 is 14.3 Å². The molecule has 2 rings (SSSR count). The lowest BCUT2D eigenvalue weighted by Crippen LogP contribution is -2.36. The largest absolute Gasteiger partial charge is 0.393 e. The van der Waals surface area contributed by atoms with Gasteiger partial charge in [-0.3, -0.25) is 9.59 Å². The van der Waals surface area contributed by atoms with E-state index in [9.17, 15) is 9.59 Å². The Morgan fingerprint density at radius 2 is 2.00 bits per heavy atom. The zero-order valence-electron chi connectivity index (χ0n) is 6.66. The first kappa shape index (κ1) is 7.53. The van der Waals surface area contributed by atoms with Crippen LogP contribution in [0.1, 0.15) is 19.3 Å². The average molecular weight is 166 g/mol. The fraction of sp³-hybridized carbons (Fsp3) is 0.556. The third kappa shape index (κ3) is 1.15.